The first-order valence-corrected chi connectivity index (χ1v) is 3.91. The topological polar surface area (TPSA) is 3.24 Å². The van der Waals surface area contributed by atoms with E-state index in [-0.39, 0.29) is 0 Å². The number of hydrogen-bond acceptors (Lipinski definition) is 1. The molecule has 0 atom stereocenters. The standard InChI is InChI=1S/C9H19N/c1-9(2)7-5-6-8-10(3)4/h7H,5-6,8H2,1-4H3. The first kappa shape index (κ1) is 9.70. The van der Waals surface area contributed by atoms with E-state index < -0.39 is 0 Å². The molecule has 0 unspecified atom stereocenters. The highest BCUT2D eigenvalue weighted by Crippen LogP contribution is 1.96. The van der Waals surface area contributed by atoms with Gasteiger partial charge in [-0.1, -0.05) is 11.6 Å². The van der Waals surface area contributed by atoms with Crippen molar-refractivity contribution in [2.24, 2.45) is 0 Å². The Kier molecular flexibility index (Phi) is 5.32. The van der Waals surface area contributed by atoms with Crippen molar-refractivity contribution in [1.82, 2.24) is 4.90 Å². The normalized spacial score (nSPS) is 10.1. The Morgan fingerprint density at radius 3 is 2.30 bits per heavy atom. The molecule has 0 aliphatic rings. The van der Waals surface area contributed by atoms with Crippen molar-refractivity contribution in [1.29, 1.82) is 0 Å². The molecule has 0 amide bonds. The summed E-state index contributed by atoms with van der Waals surface area (Å²) in [5.74, 6) is 0. The smallest absolute Gasteiger partial charge is 0.00219 e. The molecule has 10 heavy (non-hydrogen) atoms. The largest absolute Gasteiger partial charge is 0.309 e. The molecule has 0 aromatic heterocycles. The maximum absolute atomic E-state index is 2.30. The molecule has 1 heteroatoms. The van der Waals surface area contributed by atoms with Gasteiger partial charge in [0.2, 0.25) is 0 Å². The maximum atomic E-state index is 2.30. The molecule has 0 saturated carbocycles. The van der Waals surface area contributed by atoms with Gasteiger partial charge in [0.1, 0.15) is 0 Å². The summed E-state index contributed by atoms with van der Waals surface area (Å²) >= 11 is 0. The van der Waals surface area contributed by atoms with Crippen LogP contribution in [0, 0.1) is 0 Å². The lowest BCUT2D eigenvalue weighted by atomic mass is 10.2. The van der Waals surface area contributed by atoms with Gasteiger partial charge in [-0.25, -0.2) is 0 Å². The van der Waals surface area contributed by atoms with Gasteiger partial charge in [0, 0.05) is 0 Å². The average molecular weight is 141 g/mol. The van der Waals surface area contributed by atoms with Crippen molar-refractivity contribution >= 4 is 0 Å². The van der Waals surface area contributed by atoms with Crippen LogP contribution in [0.25, 0.3) is 0 Å². The van der Waals surface area contributed by atoms with Gasteiger partial charge in [-0.3, -0.25) is 0 Å². The number of rotatable bonds is 4. The molecule has 60 valence electrons. The molecule has 0 aromatic rings. The molecule has 0 saturated heterocycles. The highest BCUT2D eigenvalue weighted by atomic mass is 15.0. The minimum absolute atomic E-state index is 1.20. The Morgan fingerprint density at radius 2 is 1.90 bits per heavy atom. The van der Waals surface area contributed by atoms with Gasteiger partial charge in [0.25, 0.3) is 0 Å². The molecular weight excluding hydrogens is 122 g/mol. The summed E-state index contributed by atoms with van der Waals surface area (Å²) < 4.78 is 0. The summed E-state index contributed by atoms with van der Waals surface area (Å²) in [6.07, 6.45) is 4.79. The lowest BCUT2D eigenvalue weighted by molar-refractivity contribution is 0.401. The summed E-state index contributed by atoms with van der Waals surface area (Å²) in [5.41, 5.74) is 1.43. The van der Waals surface area contributed by atoms with Crippen molar-refractivity contribution in [2.75, 3.05) is 20.6 Å². The third-order valence-electron chi connectivity index (χ3n) is 1.36. The van der Waals surface area contributed by atoms with Gasteiger partial charge in [-0.2, -0.15) is 0 Å². The summed E-state index contributed by atoms with van der Waals surface area (Å²) in [6.45, 7) is 5.50. The van der Waals surface area contributed by atoms with Crippen LogP contribution in [0.5, 0.6) is 0 Å². The molecule has 0 bridgehead atoms. The fourth-order valence-corrected chi connectivity index (χ4v) is 0.798. The van der Waals surface area contributed by atoms with Crippen LogP contribution in [0.3, 0.4) is 0 Å². The van der Waals surface area contributed by atoms with Crippen LogP contribution in [0.15, 0.2) is 11.6 Å². The van der Waals surface area contributed by atoms with Crippen LogP contribution in [-0.4, -0.2) is 25.5 Å². The van der Waals surface area contributed by atoms with Gasteiger partial charge in [0.05, 0.1) is 0 Å². The Bertz CT molecular complexity index is 99.3. The van der Waals surface area contributed by atoms with E-state index in [2.05, 4.69) is 38.9 Å². The quantitative estimate of drug-likeness (QED) is 0.429. The third-order valence-corrected chi connectivity index (χ3v) is 1.36. The van der Waals surface area contributed by atoms with Crippen LogP contribution in [0.2, 0.25) is 0 Å². The summed E-state index contributed by atoms with van der Waals surface area (Å²) in [5, 5.41) is 0. The summed E-state index contributed by atoms with van der Waals surface area (Å²) in [7, 11) is 4.23. The van der Waals surface area contributed by atoms with Crippen molar-refractivity contribution in [3.63, 3.8) is 0 Å². The Labute approximate surface area is 64.7 Å². The average Bonchev–Trinajstić information content (AvgIpc) is 1.79. The fraction of sp³-hybridized carbons (Fsp3) is 0.778. The lowest BCUT2D eigenvalue weighted by Crippen LogP contribution is -2.12. The lowest BCUT2D eigenvalue weighted by Gasteiger charge is -2.06. The predicted molar refractivity (Wildman–Crippen MR) is 47.2 cm³/mol. The molecule has 0 heterocycles. The van der Waals surface area contributed by atoms with Crippen molar-refractivity contribution in [2.45, 2.75) is 26.7 Å². The highest BCUT2D eigenvalue weighted by molar-refractivity contribution is 4.92. The van der Waals surface area contributed by atoms with E-state index >= 15 is 0 Å². The van der Waals surface area contributed by atoms with Crippen LogP contribution >= 0.6 is 0 Å². The number of hydrogen-bond donors (Lipinski definition) is 0. The van der Waals surface area contributed by atoms with Gasteiger partial charge in [-0.05, 0) is 47.3 Å². The van der Waals surface area contributed by atoms with Crippen LogP contribution < -0.4 is 0 Å². The Morgan fingerprint density at radius 1 is 1.30 bits per heavy atom. The minimum Gasteiger partial charge on any atom is -0.309 e. The third kappa shape index (κ3) is 7.70. The zero-order valence-electron chi connectivity index (χ0n) is 7.65. The molecular formula is C9H19N. The van der Waals surface area contributed by atoms with Crippen molar-refractivity contribution in [3.8, 4) is 0 Å². The van der Waals surface area contributed by atoms with Gasteiger partial charge < -0.3 is 4.90 Å². The van der Waals surface area contributed by atoms with E-state index in [9.17, 15) is 0 Å². The molecule has 0 spiro atoms. The van der Waals surface area contributed by atoms with Gasteiger partial charge in [-0.15, -0.1) is 0 Å². The van der Waals surface area contributed by atoms with Crippen molar-refractivity contribution < 1.29 is 0 Å². The maximum Gasteiger partial charge on any atom is -0.00219 e. The molecule has 0 radical (unpaired) electrons. The summed E-state index contributed by atoms with van der Waals surface area (Å²) in [6, 6.07) is 0. The Balaban J connectivity index is 3.13. The van der Waals surface area contributed by atoms with Crippen LogP contribution in [0.4, 0.5) is 0 Å². The van der Waals surface area contributed by atoms with E-state index in [1.54, 1.807) is 0 Å². The van der Waals surface area contributed by atoms with Gasteiger partial charge >= 0.3 is 0 Å². The number of allylic oxidation sites excluding steroid dienone is 2. The molecule has 1 nitrogen and oxygen atoms in total. The highest BCUT2D eigenvalue weighted by Gasteiger charge is 1.87. The van der Waals surface area contributed by atoms with Gasteiger partial charge in [0.15, 0.2) is 0 Å². The van der Waals surface area contributed by atoms with Crippen LogP contribution in [-0.2, 0) is 0 Å². The molecule has 0 aromatic carbocycles. The molecule has 0 N–H and O–H groups in total. The second kappa shape index (κ2) is 5.48. The molecule has 0 aliphatic carbocycles. The first-order chi connectivity index (χ1) is 4.63. The van der Waals surface area contributed by atoms with E-state index in [0.717, 1.165) is 0 Å². The summed E-state index contributed by atoms with van der Waals surface area (Å²) in [4.78, 5) is 2.22. The van der Waals surface area contributed by atoms with Crippen LogP contribution in [0.1, 0.15) is 26.7 Å². The first-order valence-electron chi connectivity index (χ1n) is 3.91. The molecule has 0 rings (SSSR count). The molecule has 0 fully saturated rings. The van der Waals surface area contributed by atoms with E-state index in [1.165, 1.54) is 25.0 Å². The zero-order valence-corrected chi connectivity index (χ0v) is 7.65. The number of nitrogens with zero attached hydrogens (tertiary/aromatic N) is 1. The predicted octanol–water partition coefficient (Wildman–Crippen LogP) is 2.29. The van der Waals surface area contributed by atoms with E-state index in [0.29, 0.717) is 0 Å². The Hall–Kier alpha value is -0.300. The number of unbranched alkanes of at least 4 members (excludes halogenated alkanes) is 1. The van der Waals surface area contributed by atoms with E-state index in [1.807, 2.05) is 0 Å². The second-order valence-electron chi connectivity index (χ2n) is 3.23. The molecule has 0 aliphatic heterocycles. The minimum atomic E-state index is 1.20. The SMILES string of the molecule is CC(C)=CCCCN(C)C. The monoisotopic (exact) mass is 141 g/mol. The van der Waals surface area contributed by atoms with E-state index in [4.69, 9.17) is 0 Å². The second-order valence-corrected chi connectivity index (χ2v) is 3.23. The zero-order chi connectivity index (χ0) is 7.98. The fourth-order valence-electron chi connectivity index (χ4n) is 0.798. The van der Waals surface area contributed by atoms with Crippen molar-refractivity contribution in [3.05, 3.63) is 11.6 Å².